The van der Waals surface area contributed by atoms with Gasteiger partial charge in [-0.2, -0.15) is 5.10 Å². The highest BCUT2D eigenvalue weighted by Gasteiger charge is 2.24. The van der Waals surface area contributed by atoms with E-state index in [1.54, 1.807) is 6.07 Å². The molecular formula is C19H28IN7O2. The van der Waals surface area contributed by atoms with Gasteiger partial charge in [0.25, 0.3) is 5.91 Å². The number of nitrogens with zero attached hydrogens (tertiary/aromatic N) is 4. The molecule has 1 amide bonds. The van der Waals surface area contributed by atoms with Gasteiger partial charge in [0.05, 0.1) is 12.6 Å². The Labute approximate surface area is 187 Å². The first kappa shape index (κ1) is 22.9. The Morgan fingerprint density at radius 2 is 2.28 bits per heavy atom. The fraction of sp³-hybridized carbons (Fsp3) is 0.474. The number of carbonyl (C=O) groups is 1. The molecule has 0 saturated heterocycles. The molecule has 10 heteroatoms. The summed E-state index contributed by atoms with van der Waals surface area (Å²) < 4.78 is 7.32. The largest absolute Gasteiger partial charge is 0.484 e. The second-order valence-electron chi connectivity index (χ2n) is 6.68. The van der Waals surface area contributed by atoms with Crippen molar-refractivity contribution in [1.29, 1.82) is 0 Å². The molecule has 3 rings (SSSR count). The number of guanidine groups is 1. The topological polar surface area (TPSA) is 119 Å². The lowest BCUT2D eigenvalue weighted by Gasteiger charge is -2.25. The number of nitrogens with one attached hydrogen (secondary N) is 2. The van der Waals surface area contributed by atoms with Gasteiger partial charge in [0.15, 0.2) is 12.6 Å². The van der Waals surface area contributed by atoms with Gasteiger partial charge < -0.3 is 21.1 Å². The third kappa shape index (κ3) is 6.58. The van der Waals surface area contributed by atoms with Crippen molar-refractivity contribution < 1.29 is 9.53 Å². The lowest BCUT2D eigenvalue weighted by molar-refractivity contribution is -0.119. The Morgan fingerprint density at radius 3 is 3.03 bits per heavy atom. The number of rotatable bonds is 7. The summed E-state index contributed by atoms with van der Waals surface area (Å²) in [6, 6.07) is 7.56. The first-order chi connectivity index (χ1) is 13.5. The van der Waals surface area contributed by atoms with E-state index in [0.29, 0.717) is 12.3 Å². The van der Waals surface area contributed by atoms with Gasteiger partial charge in [0.2, 0.25) is 0 Å². The van der Waals surface area contributed by atoms with Crippen molar-refractivity contribution in [1.82, 2.24) is 25.4 Å². The highest BCUT2D eigenvalue weighted by Crippen LogP contribution is 2.23. The van der Waals surface area contributed by atoms with Crippen molar-refractivity contribution >= 4 is 35.8 Å². The first-order valence-corrected chi connectivity index (χ1v) is 9.51. The van der Waals surface area contributed by atoms with Crippen molar-refractivity contribution in [2.24, 2.45) is 10.7 Å². The maximum absolute atomic E-state index is 10.9. The Kier molecular flexibility index (Phi) is 8.68. The van der Waals surface area contributed by atoms with Crippen LogP contribution in [0.3, 0.4) is 0 Å². The van der Waals surface area contributed by atoms with Crippen LogP contribution in [0.25, 0.3) is 0 Å². The lowest BCUT2D eigenvalue weighted by atomic mass is 10.1. The number of primary amides is 1. The fourth-order valence-corrected chi connectivity index (χ4v) is 3.15. The highest BCUT2D eigenvalue weighted by molar-refractivity contribution is 14.0. The lowest BCUT2D eigenvalue weighted by Crippen LogP contribution is -2.41. The molecular weight excluding hydrogens is 485 g/mol. The number of benzene rings is 1. The van der Waals surface area contributed by atoms with Crippen molar-refractivity contribution in [3.63, 3.8) is 0 Å². The molecule has 1 aliphatic rings. The number of aromatic nitrogens is 3. The Bertz CT molecular complexity index is 853. The normalized spacial score (nSPS) is 15.8. The minimum Gasteiger partial charge on any atom is -0.484 e. The molecule has 0 fully saturated rings. The number of carbonyl (C=O) groups excluding carboxylic acids is 1. The van der Waals surface area contributed by atoms with Crippen molar-refractivity contribution in [3.05, 3.63) is 41.5 Å². The molecule has 29 heavy (non-hydrogen) atoms. The number of nitrogens with two attached hydrogens (primary N) is 1. The molecule has 0 radical (unpaired) electrons. The summed E-state index contributed by atoms with van der Waals surface area (Å²) in [5, 5.41) is 11.2. The molecule has 0 bridgehead atoms. The number of hydrogen-bond donors (Lipinski definition) is 3. The number of halogens is 1. The van der Waals surface area contributed by atoms with E-state index in [9.17, 15) is 4.79 Å². The number of aliphatic imine (C=N–C) groups is 1. The van der Waals surface area contributed by atoms with Crippen LogP contribution in [0.2, 0.25) is 0 Å². The minimum absolute atomic E-state index is 0. The predicted molar refractivity (Wildman–Crippen MR) is 121 cm³/mol. The van der Waals surface area contributed by atoms with Crippen LogP contribution in [-0.4, -0.2) is 39.8 Å². The summed E-state index contributed by atoms with van der Waals surface area (Å²) in [6.45, 7) is 5.93. The van der Waals surface area contributed by atoms with E-state index in [1.165, 1.54) is 0 Å². The Balaban J connectivity index is 0.00000300. The maximum Gasteiger partial charge on any atom is 0.255 e. The van der Waals surface area contributed by atoms with Gasteiger partial charge >= 0.3 is 0 Å². The molecule has 2 heterocycles. The summed E-state index contributed by atoms with van der Waals surface area (Å²) >= 11 is 0. The van der Waals surface area contributed by atoms with E-state index in [4.69, 9.17) is 10.5 Å². The molecule has 1 aromatic carbocycles. The predicted octanol–water partition coefficient (Wildman–Crippen LogP) is 1.66. The summed E-state index contributed by atoms with van der Waals surface area (Å²) in [6.07, 6.45) is 2.03. The van der Waals surface area contributed by atoms with Gasteiger partial charge in [-0.15, -0.1) is 24.0 Å². The van der Waals surface area contributed by atoms with Crippen LogP contribution >= 0.6 is 24.0 Å². The van der Waals surface area contributed by atoms with E-state index < -0.39 is 5.91 Å². The number of ether oxygens (including phenoxy) is 1. The molecule has 2 aromatic rings. The van der Waals surface area contributed by atoms with E-state index in [0.717, 1.165) is 49.1 Å². The van der Waals surface area contributed by atoms with Crippen LogP contribution in [0.4, 0.5) is 0 Å². The number of fused-ring (bicyclic) bond motifs is 1. The highest BCUT2D eigenvalue weighted by atomic mass is 127. The van der Waals surface area contributed by atoms with Gasteiger partial charge in [-0.1, -0.05) is 12.1 Å². The van der Waals surface area contributed by atoms with E-state index >= 15 is 0 Å². The molecule has 0 aliphatic carbocycles. The van der Waals surface area contributed by atoms with Gasteiger partial charge in [0.1, 0.15) is 17.4 Å². The van der Waals surface area contributed by atoms with E-state index in [1.807, 2.05) is 36.7 Å². The molecule has 158 valence electrons. The average molecular weight is 513 g/mol. The molecule has 9 nitrogen and oxygen atoms in total. The molecule has 1 aromatic heterocycles. The quantitative estimate of drug-likeness (QED) is 0.295. The molecule has 4 N–H and O–H groups in total. The summed E-state index contributed by atoms with van der Waals surface area (Å²) in [7, 11) is 0. The standard InChI is InChI=1S/C19H27N7O2.HI/c1-3-21-19(24-16-8-5-9-26-18(16)23-13(2)25-26)22-11-14-6-4-7-15(10-14)28-12-17(20)27;/h4,6-7,10,16H,3,5,8-9,11-12H2,1-2H3,(H2,20,27)(H2,21,22,24);1H. The van der Waals surface area contributed by atoms with E-state index in [2.05, 4.69) is 25.7 Å². The Morgan fingerprint density at radius 1 is 1.45 bits per heavy atom. The summed E-state index contributed by atoms with van der Waals surface area (Å²) in [5.74, 6) is 2.57. The average Bonchev–Trinajstić information content (AvgIpc) is 3.06. The van der Waals surface area contributed by atoms with Crippen molar-refractivity contribution in [2.45, 2.75) is 45.8 Å². The van der Waals surface area contributed by atoms with Crippen LogP contribution in [0.5, 0.6) is 5.75 Å². The molecule has 1 unspecified atom stereocenters. The third-order valence-electron chi connectivity index (χ3n) is 4.34. The van der Waals surface area contributed by atoms with Crippen LogP contribution < -0.4 is 21.1 Å². The number of hydrogen-bond acceptors (Lipinski definition) is 5. The van der Waals surface area contributed by atoms with Crippen LogP contribution in [-0.2, 0) is 17.9 Å². The molecule has 0 saturated carbocycles. The summed E-state index contributed by atoms with van der Waals surface area (Å²) in [5.41, 5.74) is 6.09. The number of aryl methyl sites for hydroxylation is 2. The smallest absolute Gasteiger partial charge is 0.255 e. The maximum atomic E-state index is 10.9. The van der Waals surface area contributed by atoms with Gasteiger partial charge in [-0.05, 0) is 44.4 Å². The Hall–Kier alpha value is -2.37. The second-order valence-corrected chi connectivity index (χ2v) is 6.68. The summed E-state index contributed by atoms with van der Waals surface area (Å²) in [4.78, 5) is 20.1. The van der Waals surface area contributed by atoms with Crippen LogP contribution in [0.1, 0.15) is 43.0 Å². The van der Waals surface area contributed by atoms with Crippen LogP contribution in [0.15, 0.2) is 29.3 Å². The number of amides is 1. The zero-order valence-corrected chi connectivity index (χ0v) is 19.1. The third-order valence-corrected chi connectivity index (χ3v) is 4.34. The second kappa shape index (κ2) is 11.0. The monoisotopic (exact) mass is 513 g/mol. The fourth-order valence-electron chi connectivity index (χ4n) is 3.15. The molecule has 1 atom stereocenters. The zero-order chi connectivity index (χ0) is 19.9. The van der Waals surface area contributed by atoms with Crippen molar-refractivity contribution in [2.75, 3.05) is 13.2 Å². The first-order valence-electron chi connectivity index (χ1n) is 9.51. The van der Waals surface area contributed by atoms with Gasteiger partial charge in [-0.25, -0.2) is 14.7 Å². The molecule has 1 aliphatic heterocycles. The zero-order valence-electron chi connectivity index (χ0n) is 16.7. The van der Waals surface area contributed by atoms with Crippen molar-refractivity contribution in [3.8, 4) is 5.75 Å². The molecule has 0 spiro atoms. The van der Waals surface area contributed by atoms with Gasteiger partial charge in [-0.3, -0.25) is 4.79 Å². The van der Waals surface area contributed by atoms with E-state index in [-0.39, 0.29) is 36.6 Å². The minimum atomic E-state index is -0.502. The SMILES string of the molecule is CCNC(=NCc1cccc(OCC(N)=O)c1)NC1CCCn2nc(C)nc21.I. The van der Waals surface area contributed by atoms with Crippen LogP contribution in [0, 0.1) is 6.92 Å². The van der Waals surface area contributed by atoms with Gasteiger partial charge in [0, 0.05) is 13.1 Å².